The molecule has 1 aromatic heterocycles. The lowest BCUT2D eigenvalue weighted by molar-refractivity contribution is 0.0728. The number of benzene rings is 2. The molecule has 0 bridgehead atoms. The van der Waals surface area contributed by atoms with Gasteiger partial charge in [-0.05, 0) is 54.7 Å². The Morgan fingerprint density at radius 3 is 2.57 bits per heavy atom. The normalized spacial score (nSPS) is 13.1. The van der Waals surface area contributed by atoms with Crippen molar-refractivity contribution in [3.63, 3.8) is 0 Å². The van der Waals surface area contributed by atoms with Crippen LogP contribution >= 0.6 is 0 Å². The Bertz CT molecular complexity index is 1010. The van der Waals surface area contributed by atoms with E-state index in [1.165, 1.54) is 12.8 Å². The number of amides is 1. The summed E-state index contributed by atoms with van der Waals surface area (Å²) in [6, 6.07) is 15.3. The van der Waals surface area contributed by atoms with Crippen LogP contribution in [-0.2, 0) is 13.1 Å². The fraction of sp³-hybridized carbons (Fsp3) is 0.333. The summed E-state index contributed by atoms with van der Waals surface area (Å²) in [5.74, 6) is 2.98. The summed E-state index contributed by atoms with van der Waals surface area (Å²) < 4.78 is 12.7. The Kier molecular flexibility index (Phi) is 6.02. The van der Waals surface area contributed by atoms with Crippen LogP contribution in [0.2, 0.25) is 0 Å². The van der Waals surface area contributed by atoms with E-state index in [4.69, 9.17) is 9.47 Å². The Morgan fingerprint density at radius 2 is 1.83 bits per heavy atom. The van der Waals surface area contributed by atoms with Crippen molar-refractivity contribution in [3.8, 4) is 11.5 Å². The highest BCUT2D eigenvalue weighted by Crippen LogP contribution is 2.31. The lowest BCUT2D eigenvalue weighted by atomic mass is 10.1. The second-order valence-electron chi connectivity index (χ2n) is 7.68. The van der Waals surface area contributed by atoms with Gasteiger partial charge in [0.15, 0.2) is 0 Å². The number of nitrogens with zero attached hydrogens (tertiary/aromatic N) is 3. The van der Waals surface area contributed by atoms with Crippen LogP contribution < -0.4 is 9.47 Å². The smallest absolute Gasteiger partial charge is 0.254 e. The minimum atomic E-state index is 0.0109. The Labute approximate surface area is 177 Å². The van der Waals surface area contributed by atoms with Crippen LogP contribution in [0.1, 0.15) is 34.6 Å². The Morgan fingerprint density at radius 1 is 1.10 bits per heavy atom. The molecule has 0 aliphatic heterocycles. The molecule has 0 N–H and O–H groups in total. The molecule has 1 aliphatic rings. The molecule has 1 heterocycles. The summed E-state index contributed by atoms with van der Waals surface area (Å²) in [7, 11) is 3.28. The third-order valence-corrected chi connectivity index (χ3v) is 5.40. The fourth-order valence-electron chi connectivity index (χ4n) is 3.54. The lowest BCUT2D eigenvalue weighted by Gasteiger charge is -2.23. The molecular formula is C24H27N3O3. The second-order valence-corrected chi connectivity index (χ2v) is 7.68. The quantitative estimate of drug-likeness (QED) is 0.540. The molecule has 3 aromatic rings. The summed E-state index contributed by atoms with van der Waals surface area (Å²) in [5.41, 5.74) is 1.77. The van der Waals surface area contributed by atoms with Crippen LogP contribution in [0, 0.1) is 5.92 Å². The maximum absolute atomic E-state index is 13.3. The van der Waals surface area contributed by atoms with E-state index in [1.807, 2.05) is 47.5 Å². The molecule has 4 rings (SSSR count). The first-order chi connectivity index (χ1) is 14.7. The molecule has 0 atom stereocenters. The molecular weight excluding hydrogens is 378 g/mol. The standard InChI is InChI=1S/C24H27N3O3/c1-29-21-7-3-5-19(13-21)16-26-12-11-25-23(26)17-27(15-18-9-10-18)24(28)20-6-4-8-22(14-20)30-2/h3-8,11-14,18H,9-10,15-17H2,1-2H3. The maximum Gasteiger partial charge on any atom is 0.254 e. The number of rotatable bonds is 9. The van der Waals surface area contributed by atoms with E-state index in [0.717, 1.165) is 23.7 Å². The monoisotopic (exact) mass is 405 g/mol. The number of hydrogen-bond donors (Lipinski definition) is 0. The number of methoxy groups -OCH3 is 2. The third-order valence-electron chi connectivity index (χ3n) is 5.40. The fourth-order valence-corrected chi connectivity index (χ4v) is 3.54. The van der Waals surface area contributed by atoms with E-state index in [9.17, 15) is 4.79 Å². The van der Waals surface area contributed by atoms with Gasteiger partial charge in [-0.25, -0.2) is 4.98 Å². The summed E-state index contributed by atoms with van der Waals surface area (Å²) in [5, 5.41) is 0. The highest BCUT2D eigenvalue weighted by molar-refractivity contribution is 5.94. The van der Waals surface area contributed by atoms with E-state index < -0.39 is 0 Å². The molecule has 30 heavy (non-hydrogen) atoms. The van der Waals surface area contributed by atoms with Gasteiger partial charge in [-0.3, -0.25) is 4.79 Å². The first-order valence-corrected chi connectivity index (χ1v) is 10.2. The number of hydrogen-bond acceptors (Lipinski definition) is 4. The van der Waals surface area contributed by atoms with Gasteiger partial charge in [-0.2, -0.15) is 0 Å². The average Bonchev–Trinajstić information content (AvgIpc) is 3.51. The molecule has 0 saturated heterocycles. The van der Waals surface area contributed by atoms with Gasteiger partial charge in [-0.15, -0.1) is 0 Å². The highest BCUT2D eigenvalue weighted by atomic mass is 16.5. The number of carbonyl (C=O) groups excluding carboxylic acids is 1. The molecule has 1 amide bonds. The van der Waals surface area contributed by atoms with Gasteiger partial charge < -0.3 is 18.9 Å². The molecule has 6 heteroatoms. The van der Waals surface area contributed by atoms with Crippen LogP contribution in [0.15, 0.2) is 60.9 Å². The topological polar surface area (TPSA) is 56.6 Å². The predicted octanol–water partition coefficient (Wildman–Crippen LogP) is 4.00. The Balaban J connectivity index is 1.53. The Hall–Kier alpha value is -3.28. The van der Waals surface area contributed by atoms with Gasteiger partial charge in [0.25, 0.3) is 5.91 Å². The molecule has 6 nitrogen and oxygen atoms in total. The zero-order chi connectivity index (χ0) is 20.9. The highest BCUT2D eigenvalue weighted by Gasteiger charge is 2.28. The van der Waals surface area contributed by atoms with Gasteiger partial charge in [-0.1, -0.05) is 18.2 Å². The maximum atomic E-state index is 13.3. The van der Waals surface area contributed by atoms with Gasteiger partial charge in [0.1, 0.15) is 17.3 Å². The molecule has 156 valence electrons. The van der Waals surface area contributed by atoms with Crippen molar-refractivity contribution in [2.75, 3.05) is 20.8 Å². The molecule has 2 aromatic carbocycles. The van der Waals surface area contributed by atoms with Crippen molar-refractivity contribution in [3.05, 3.63) is 77.9 Å². The van der Waals surface area contributed by atoms with Crippen LogP contribution in [0.3, 0.4) is 0 Å². The largest absolute Gasteiger partial charge is 0.497 e. The summed E-state index contributed by atoms with van der Waals surface area (Å²) in [6.45, 7) is 1.91. The molecule has 0 radical (unpaired) electrons. The van der Waals surface area contributed by atoms with Crippen molar-refractivity contribution < 1.29 is 14.3 Å². The minimum absolute atomic E-state index is 0.0109. The van der Waals surface area contributed by atoms with Crippen LogP contribution in [0.4, 0.5) is 0 Å². The third kappa shape index (κ3) is 4.82. The zero-order valence-corrected chi connectivity index (χ0v) is 17.5. The number of aromatic nitrogens is 2. The van der Waals surface area contributed by atoms with Gasteiger partial charge in [0, 0.05) is 31.0 Å². The average molecular weight is 405 g/mol. The summed E-state index contributed by atoms with van der Waals surface area (Å²) in [4.78, 5) is 19.7. The first kappa shape index (κ1) is 20.0. The number of carbonyl (C=O) groups is 1. The predicted molar refractivity (Wildman–Crippen MR) is 115 cm³/mol. The van der Waals surface area contributed by atoms with E-state index in [0.29, 0.717) is 30.3 Å². The van der Waals surface area contributed by atoms with E-state index in [2.05, 4.69) is 15.6 Å². The van der Waals surface area contributed by atoms with Crippen molar-refractivity contribution in [1.82, 2.24) is 14.5 Å². The van der Waals surface area contributed by atoms with Gasteiger partial charge in [0.2, 0.25) is 0 Å². The number of ether oxygens (including phenoxy) is 2. The zero-order valence-electron chi connectivity index (χ0n) is 17.5. The summed E-state index contributed by atoms with van der Waals surface area (Å²) >= 11 is 0. The molecule has 0 unspecified atom stereocenters. The van der Waals surface area contributed by atoms with E-state index >= 15 is 0 Å². The van der Waals surface area contributed by atoms with Crippen molar-refractivity contribution in [2.24, 2.45) is 5.92 Å². The lowest BCUT2D eigenvalue weighted by Crippen LogP contribution is -2.33. The van der Waals surface area contributed by atoms with Crippen LogP contribution in [0.5, 0.6) is 11.5 Å². The van der Waals surface area contributed by atoms with Gasteiger partial charge in [0.05, 0.1) is 20.8 Å². The minimum Gasteiger partial charge on any atom is -0.497 e. The van der Waals surface area contributed by atoms with Crippen molar-refractivity contribution in [2.45, 2.75) is 25.9 Å². The second kappa shape index (κ2) is 9.03. The first-order valence-electron chi connectivity index (χ1n) is 10.2. The summed E-state index contributed by atoms with van der Waals surface area (Å²) in [6.07, 6.45) is 6.11. The molecule has 1 aliphatic carbocycles. The molecule has 1 saturated carbocycles. The van der Waals surface area contributed by atoms with Crippen molar-refractivity contribution in [1.29, 1.82) is 0 Å². The van der Waals surface area contributed by atoms with E-state index in [1.54, 1.807) is 26.5 Å². The van der Waals surface area contributed by atoms with Crippen LogP contribution in [0.25, 0.3) is 0 Å². The van der Waals surface area contributed by atoms with Crippen molar-refractivity contribution >= 4 is 5.91 Å². The van der Waals surface area contributed by atoms with Gasteiger partial charge >= 0.3 is 0 Å². The van der Waals surface area contributed by atoms with E-state index in [-0.39, 0.29) is 5.91 Å². The molecule has 1 fully saturated rings. The van der Waals surface area contributed by atoms with Crippen LogP contribution in [-0.4, -0.2) is 41.1 Å². The SMILES string of the molecule is COc1cccc(Cn2ccnc2CN(CC2CC2)C(=O)c2cccc(OC)c2)c1. The molecule has 0 spiro atoms. The number of imidazole rings is 1.